The van der Waals surface area contributed by atoms with E-state index in [4.69, 9.17) is 30.3 Å². The van der Waals surface area contributed by atoms with Crippen LogP contribution in [0.4, 0.5) is 0 Å². The van der Waals surface area contributed by atoms with E-state index in [0.29, 0.717) is 18.1 Å². The molecule has 0 amide bonds. The van der Waals surface area contributed by atoms with Gasteiger partial charge in [-0.15, -0.1) is 0 Å². The van der Waals surface area contributed by atoms with E-state index in [1.807, 2.05) is 20.1 Å². The van der Waals surface area contributed by atoms with Crippen molar-refractivity contribution >= 4 is 41.1 Å². The number of Topliss-reactive ketones (excluding diaryl/α,β-unsaturated/α-hetero) is 2. The first-order valence-corrected chi connectivity index (χ1v) is 13.9. The number of hydrogen-bond donors (Lipinski definition) is 1. The van der Waals surface area contributed by atoms with Crippen molar-refractivity contribution in [2.24, 2.45) is 10.9 Å². The molecule has 2 aromatic rings. The molecular formula is C26H30ClN3O7S. The molecule has 1 aromatic heterocycles. The lowest BCUT2D eigenvalue weighted by Gasteiger charge is -2.36. The molecule has 0 saturated heterocycles. The molecule has 1 spiro atoms. The Bertz CT molecular complexity index is 1320. The number of carbonyl (C=O) groups excluding carboxylic acids is 2. The average molecular weight is 564 g/mol. The lowest BCUT2D eigenvalue weighted by Crippen LogP contribution is -2.52. The molecule has 204 valence electrons. The van der Waals surface area contributed by atoms with E-state index in [-0.39, 0.29) is 51.5 Å². The number of aliphatic hydroxyl groups is 1. The first-order valence-electron chi connectivity index (χ1n) is 12.1. The molecule has 0 bridgehead atoms. The predicted octanol–water partition coefficient (Wildman–Crippen LogP) is 5.16. The number of hydrogen-bond acceptors (Lipinski definition) is 11. The molecule has 4 rings (SSSR count). The zero-order chi connectivity index (χ0) is 27.8. The highest BCUT2D eigenvalue weighted by atomic mass is 35.5. The molecule has 0 radical (unpaired) electrons. The zero-order valence-corrected chi connectivity index (χ0v) is 23.6. The highest BCUT2D eigenvalue weighted by Gasteiger charge is 2.60. The molecule has 0 saturated carbocycles. The van der Waals surface area contributed by atoms with E-state index in [2.05, 4.69) is 15.1 Å². The number of benzene rings is 1. The second-order valence-corrected chi connectivity index (χ2v) is 10.8. The second kappa shape index (κ2) is 11.0. The Balaban J connectivity index is 1.78. The van der Waals surface area contributed by atoms with Crippen LogP contribution in [0.2, 0.25) is 5.02 Å². The van der Waals surface area contributed by atoms with Crippen LogP contribution in [0.3, 0.4) is 0 Å². The Morgan fingerprint density at radius 1 is 1.32 bits per heavy atom. The third-order valence-electron chi connectivity index (χ3n) is 6.75. The van der Waals surface area contributed by atoms with Crippen molar-refractivity contribution in [2.45, 2.75) is 51.2 Å². The number of allylic oxidation sites excluding steroid dienone is 1. The lowest BCUT2D eigenvalue weighted by atomic mass is 9.73. The standard InChI is InChI=1S/C26H30ClN3O7S/c1-12(2)24-29-25(37-30-24)15(7-8-38-6)28-11-14-16(31)9-13(3)26(22(14)32)23(33)19-17(34-4)10-18(35-5)20(27)21(19)36-26/h10-13,15,32H,7-9H2,1-6H3/t13-,15?,26+/m1/s1. The summed E-state index contributed by atoms with van der Waals surface area (Å²) in [5.74, 6) is -0.0134. The molecule has 38 heavy (non-hydrogen) atoms. The van der Waals surface area contributed by atoms with Crippen LogP contribution >= 0.6 is 23.4 Å². The van der Waals surface area contributed by atoms with E-state index >= 15 is 0 Å². The first-order chi connectivity index (χ1) is 18.1. The first kappa shape index (κ1) is 28.0. The molecule has 1 unspecified atom stereocenters. The van der Waals surface area contributed by atoms with Crippen molar-refractivity contribution in [2.75, 3.05) is 26.2 Å². The molecular weight excluding hydrogens is 534 g/mol. The van der Waals surface area contributed by atoms with Gasteiger partial charge in [0.15, 0.2) is 23.1 Å². The zero-order valence-electron chi connectivity index (χ0n) is 22.0. The summed E-state index contributed by atoms with van der Waals surface area (Å²) in [5.41, 5.74) is -1.92. The Hall–Kier alpha value is -3.05. The smallest absolute Gasteiger partial charge is 0.251 e. The minimum Gasteiger partial charge on any atom is -0.507 e. The molecule has 1 aliphatic heterocycles. The summed E-state index contributed by atoms with van der Waals surface area (Å²) < 4.78 is 22.3. The maximum atomic E-state index is 13.9. The van der Waals surface area contributed by atoms with Gasteiger partial charge in [0.05, 0.1) is 19.8 Å². The van der Waals surface area contributed by atoms with Crippen LogP contribution in [0, 0.1) is 5.92 Å². The number of aromatic nitrogens is 2. The fraction of sp³-hybridized carbons (Fsp3) is 0.500. The number of halogens is 1. The third kappa shape index (κ3) is 4.55. The van der Waals surface area contributed by atoms with Crippen LogP contribution in [0.25, 0.3) is 0 Å². The number of methoxy groups -OCH3 is 2. The van der Waals surface area contributed by atoms with Gasteiger partial charge in [0.2, 0.25) is 11.4 Å². The number of ketones is 2. The summed E-state index contributed by atoms with van der Waals surface area (Å²) in [4.78, 5) is 35.9. The van der Waals surface area contributed by atoms with E-state index in [9.17, 15) is 14.7 Å². The van der Waals surface area contributed by atoms with Crippen LogP contribution in [-0.4, -0.2) is 64.9 Å². The summed E-state index contributed by atoms with van der Waals surface area (Å²) in [7, 11) is 2.83. The van der Waals surface area contributed by atoms with Crippen LogP contribution in [0.15, 0.2) is 26.9 Å². The van der Waals surface area contributed by atoms with Gasteiger partial charge in [-0.05, 0) is 18.4 Å². The van der Waals surface area contributed by atoms with Gasteiger partial charge in [0, 0.05) is 30.5 Å². The van der Waals surface area contributed by atoms with Gasteiger partial charge >= 0.3 is 0 Å². The largest absolute Gasteiger partial charge is 0.507 e. The summed E-state index contributed by atoms with van der Waals surface area (Å²) >= 11 is 8.11. The molecule has 0 fully saturated rings. The fourth-order valence-corrected chi connectivity index (χ4v) is 5.31. The van der Waals surface area contributed by atoms with Crippen molar-refractivity contribution in [1.29, 1.82) is 0 Å². The van der Waals surface area contributed by atoms with Crippen molar-refractivity contribution < 1.29 is 33.4 Å². The number of fused-ring (bicyclic) bond motifs is 1. The quantitative estimate of drug-likeness (QED) is 0.407. The predicted molar refractivity (Wildman–Crippen MR) is 143 cm³/mol. The third-order valence-corrected chi connectivity index (χ3v) is 7.75. The minimum atomic E-state index is -1.87. The van der Waals surface area contributed by atoms with Gasteiger partial charge in [-0.3, -0.25) is 14.6 Å². The Morgan fingerprint density at radius 2 is 2.03 bits per heavy atom. The van der Waals surface area contributed by atoms with Gasteiger partial charge in [-0.2, -0.15) is 16.7 Å². The highest BCUT2D eigenvalue weighted by molar-refractivity contribution is 7.98. The molecule has 10 nitrogen and oxygen atoms in total. The van der Waals surface area contributed by atoms with Crippen LogP contribution in [0.5, 0.6) is 17.2 Å². The maximum absolute atomic E-state index is 13.9. The van der Waals surface area contributed by atoms with E-state index in [0.717, 1.165) is 5.75 Å². The van der Waals surface area contributed by atoms with Crippen LogP contribution in [-0.2, 0) is 4.79 Å². The number of nitrogens with zero attached hydrogens (tertiary/aromatic N) is 3. The van der Waals surface area contributed by atoms with Crippen LogP contribution < -0.4 is 14.2 Å². The summed E-state index contributed by atoms with van der Waals surface area (Å²) in [5, 5.41) is 15.6. The van der Waals surface area contributed by atoms with E-state index < -0.39 is 29.1 Å². The number of rotatable bonds is 9. The molecule has 12 heteroatoms. The number of thioether (sulfide) groups is 1. The highest BCUT2D eigenvalue weighted by Crippen LogP contribution is 2.54. The fourth-order valence-electron chi connectivity index (χ4n) is 4.59. The van der Waals surface area contributed by atoms with Gasteiger partial charge in [-0.1, -0.05) is 37.5 Å². The van der Waals surface area contributed by atoms with Gasteiger partial charge in [-0.25, -0.2) is 0 Å². The molecule has 2 heterocycles. The van der Waals surface area contributed by atoms with Crippen molar-refractivity contribution in [3.63, 3.8) is 0 Å². The molecule has 1 aromatic carbocycles. The Labute approximate surface area is 229 Å². The van der Waals surface area contributed by atoms with Crippen LogP contribution in [0.1, 0.15) is 67.6 Å². The van der Waals surface area contributed by atoms with E-state index in [1.54, 1.807) is 18.7 Å². The summed E-state index contributed by atoms with van der Waals surface area (Å²) in [6.45, 7) is 5.56. The second-order valence-electron chi connectivity index (χ2n) is 9.48. The number of aliphatic imine (C=N–C) groups is 1. The lowest BCUT2D eigenvalue weighted by molar-refractivity contribution is -0.118. The molecule has 1 N–H and O–H groups in total. The summed E-state index contributed by atoms with van der Waals surface area (Å²) in [6.07, 6.45) is 3.74. The Morgan fingerprint density at radius 3 is 2.63 bits per heavy atom. The van der Waals surface area contributed by atoms with Gasteiger partial charge in [0.25, 0.3) is 5.89 Å². The number of carbonyl (C=O) groups is 2. The van der Waals surface area contributed by atoms with Gasteiger partial charge in [0.1, 0.15) is 28.1 Å². The maximum Gasteiger partial charge on any atom is 0.251 e. The van der Waals surface area contributed by atoms with Crippen molar-refractivity contribution in [3.05, 3.63) is 39.7 Å². The topological polar surface area (TPSA) is 133 Å². The Kier molecular flexibility index (Phi) is 8.08. The normalized spacial score (nSPS) is 21.9. The number of ether oxygens (including phenoxy) is 3. The van der Waals surface area contributed by atoms with E-state index in [1.165, 1.54) is 26.5 Å². The average Bonchev–Trinajstić information content (AvgIpc) is 3.50. The number of aliphatic hydroxyl groups excluding tert-OH is 1. The SMILES string of the molecule is COc1cc(OC)c2c(c1Cl)O[C@]1(C2=O)C(O)=C(C=NC(CCSC)c2nc(C(C)C)no2)C(=O)C[C@H]1C. The van der Waals surface area contributed by atoms with Crippen molar-refractivity contribution in [1.82, 2.24) is 10.1 Å². The summed E-state index contributed by atoms with van der Waals surface area (Å²) in [6, 6.07) is 0.942. The molecule has 2 aliphatic rings. The van der Waals surface area contributed by atoms with Crippen molar-refractivity contribution in [3.8, 4) is 17.2 Å². The molecule has 3 atom stereocenters. The molecule has 1 aliphatic carbocycles. The minimum absolute atomic E-state index is 0.0295. The monoisotopic (exact) mass is 563 g/mol. The van der Waals surface area contributed by atoms with Gasteiger partial charge < -0.3 is 23.8 Å².